The van der Waals surface area contributed by atoms with Crippen LogP contribution in [0.2, 0.25) is 0 Å². The Kier molecular flexibility index (Phi) is 8.22. The Balaban J connectivity index is 1.13. The minimum absolute atomic E-state index is 0.131. The summed E-state index contributed by atoms with van der Waals surface area (Å²) in [5.74, 6) is 0. The van der Waals surface area contributed by atoms with E-state index in [-0.39, 0.29) is 5.41 Å². The molecule has 0 aliphatic heterocycles. The van der Waals surface area contributed by atoms with Gasteiger partial charge in [0, 0.05) is 22.2 Å². The fourth-order valence-corrected chi connectivity index (χ4v) is 10.5. The van der Waals surface area contributed by atoms with Crippen molar-refractivity contribution >= 4 is 33.6 Å². The van der Waals surface area contributed by atoms with Crippen LogP contribution in [0.15, 0.2) is 205 Å². The quantitative estimate of drug-likeness (QED) is 0.160. The topological polar surface area (TPSA) is 16.4 Å². The van der Waals surface area contributed by atoms with Crippen molar-refractivity contribution in [3.63, 3.8) is 0 Å². The van der Waals surface area contributed by atoms with Crippen LogP contribution in [0.4, 0.5) is 17.1 Å². The summed E-state index contributed by atoms with van der Waals surface area (Å²) in [6.45, 7) is 9.07. The number of nitrogens with zero attached hydrogens (tertiary/aromatic N) is 1. The molecule has 2 heteroatoms. The van der Waals surface area contributed by atoms with Crippen LogP contribution in [0.25, 0.3) is 49.9 Å². The molecule has 0 N–H and O–H groups in total. The van der Waals surface area contributed by atoms with E-state index in [9.17, 15) is 0 Å². The predicted octanol–water partition coefficient (Wildman–Crippen LogP) is 15.7. The van der Waals surface area contributed by atoms with Gasteiger partial charge in [0.25, 0.3) is 0 Å². The third-order valence-corrected chi connectivity index (χ3v) is 13.4. The summed E-state index contributed by atoms with van der Waals surface area (Å²) in [6, 6.07) is 69.5. The Bertz CT molecular complexity index is 3090. The Morgan fingerprint density at radius 1 is 0.517 bits per heavy atom. The molecule has 0 saturated carbocycles. The summed E-state index contributed by atoms with van der Waals surface area (Å²) >= 11 is 0. The van der Waals surface area contributed by atoms with Crippen LogP contribution in [0.5, 0.6) is 0 Å². The summed E-state index contributed by atoms with van der Waals surface area (Å²) in [4.78, 5) is 2.37. The molecule has 0 radical (unpaired) electrons. The second-order valence-corrected chi connectivity index (χ2v) is 16.8. The third-order valence-electron chi connectivity index (χ3n) is 13.4. The second kappa shape index (κ2) is 13.7. The molecule has 1 heterocycles. The zero-order chi connectivity index (χ0) is 40.6. The lowest BCUT2D eigenvalue weighted by Crippen LogP contribution is -2.28. The molecule has 2 aliphatic carbocycles. The van der Waals surface area contributed by atoms with E-state index in [0.29, 0.717) is 0 Å². The molecular weight excluding hydrogens is 727 g/mol. The smallest absolute Gasteiger partial charge is 0.157 e. The van der Waals surface area contributed by atoms with Gasteiger partial charge in [0.15, 0.2) is 5.58 Å². The van der Waals surface area contributed by atoms with E-state index in [1.165, 1.54) is 77.9 Å². The van der Waals surface area contributed by atoms with Crippen molar-refractivity contribution in [2.75, 3.05) is 4.90 Å². The first-order valence-corrected chi connectivity index (χ1v) is 21.0. The molecule has 0 unspecified atom stereocenters. The van der Waals surface area contributed by atoms with Crippen LogP contribution in [-0.2, 0) is 10.8 Å². The summed E-state index contributed by atoms with van der Waals surface area (Å²) < 4.78 is 6.23. The number of furan rings is 1. The lowest BCUT2D eigenvalue weighted by molar-refractivity contribution is 0.616. The lowest BCUT2D eigenvalue weighted by Gasteiger charge is -2.34. The van der Waals surface area contributed by atoms with Gasteiger partial charge in [0.1, 0.15) is 0 Å². The summed E-state index contributed by atoms with van der Waals surface area (Å²) in [7, 11) is 0. The largest absolute Gasteiger partial charge is 0.462 e. The average molecular weight is 772 g/mol. The van der Waals surface area contributed by atoms with Gasteiger partial charge in [-0.1, -0.05) is 172 Å². The van der Waals surface area contributed by atoms with Crippen LogP contribution >= 0.6 is 0 Å². The molecule has 11 rings (SSSR count). The normalized spacial score (nSPS) is 14.4. The van der Waals surface area contributed by atoms with E-state index in [4.69, 9.17) is 4.42 Å². The van der Waals surface area contributed by atoms with Gasteiger partial charge in [-0.05, 0) is 128 Å². The number of fused-ring (bicyclic) bond motifs is 7. The SMILES string of the molecule is CC=C(C)c1ccc2c(c1-c1ccc(N(c3ccc4c(c3)C(C)(C)c3ccccc3-4)c3cccc4ccoc34)cc1)-c1ccccc1C2(c1ccccc1)c1ccccc1. The molecule has 288 valence electrons. The van der Waals surface area contributed by atoms with Crippen LogP contribution in [0, 0.1) is 0 Å². The van der Waals surface area contributed by atoms with E-state index < -0.39 is 5.41 Å². The number of anilines is 3. The number of allylic oxidation sites excluding steroid dienone is 2. The monoisotopic (exact) mass is 771 g/mol. The first kappa shape index (κ1) is 36.0. The Hall–Kier alpha value is -7.16. The van der Waals surface area contributed by atoms with E-state index in [1.54, 1.807) is 6.26 Å². The maximum atomic E-state index is 6.23. The van der Waals surface area contributed by atoms with Gasteiger partial charge >= 0.3 is 0 Å². The molecule has 0 bridgehead atoms. The molecule has 0 spiro atoms. The first-order valence-electron chi connectivity index (χ1n) is 21.0. The maximum Gasteiger partial charge on any atom is 0.157 e. The summed E-state index contributed by atoms with van der Waals surface area (Å²) in [6.07, 6.45) is 4.03. The highest BCUT2D eigenvalue weighted by molar-refractivity contribution is 6.01. The number of hydrogen-bond acceptors (Lipinski definition) is 2. The molecular formula is C58H45NO. The number of benzene rings is 8. The highest BCUT2D eigenvalue weighted by atomic mass is 16.3. The van der Waals surface area contributed by atoms with Crippen LogP contribution in [0.1, 0.15) is 66.6 Å². The Morgan fingerprint density at radius 3 is 1.87 bits per heavy atom. The first-order chi connectivity index (χ1) is 29.4. The van der Waals surface area contributed by atoms with Crippen molar-refractivity contribution in [2.24, 2.45) is 0 Å². The molecule has 60 heavy (non-hydrogen) atoms. The predicted molar refractivity (Wildman–Crippen MR) is 251 cm³/mol. The van der Waals surface area contributed by atoms with Crippen LogP contribution in [0.3, 0.4) is 0 Å². The van der Waals surface area contributed by atoms with E-state index in [2.05, 4.69) is 221 Å². The molecule has 8 aromatic carbocycles. The summed E-state index contributed by atoms with van der Waals surface area (Å²) in [5, 5.41) is 1.08. The maximum absolute atomic E-state index is 6.23. The van der Waals surface area contributed by atoms with Crippen molar-refractivity contribution in [1.29, 1.82) is 0 Å². The van der Waals surface area contributed by atoms with Crippen molar-refractivity contribution in [2.45, 2.75) is 38.5 Å². The van der Waals surface area contributed by atoms with Gasteiger partial charge in [0.05, 0.1) is 17.4 Å². The third kappa shape index (κ3) is 5.13. The molecule has 0 atom stereocenters. The molecule has 1 aromatic heterocycles. The zero-order valence-electron chi connectivity index (χ0n) is 34.4. The fraction of sp³-hybridized carbons (Fsp3) is 0.103. The van der Waals surface area contributed by atoms with Gasteiger partial charge in [-0.15, -0.1) is 0 Å². The molecule has 2 nitrogen and oxygen atoms in total. The fourth-order valence-electron chi connectivity index (χ4n) is 10.5. The summed E-state index contributed by atoms with van der Waals surface area (Å²) in [5.41, 5.74) is 21.4. The van der Waals surface area contributed by atoms with Gasteiger partial charge < -0.3 is 9.32 Å². The minimum atomic E-state index is -0.481. The Morgan fingerprint density at radius 2 is 1.15 bits per heavy atom. The highest BCUT2D eigenvalue weighted by Crippen LogP contribution is 2.59. The van der Waals surface area contributed by atoms with Crippen LogP contribution < -0.4 is 4.90 Å². The van der Waals surface area contributed by atoms with Gasteiger partial charge in [0.2, 0.25) is 0 Å². The zero-order valence-corrected chi connectivity index (χ0v) is 34.4. The van der Waals surface area contributed by atoms with E-state index >= 15 is 0 Å². The van der Waals surface area contributed by atoms with Crippen molar-refractivity contribution in [1.82, 2.24) is 0 Å². The molecule has 0 amide bonds. The van der Waals surface area contributed by atoms with E-state index in [1.807, 2.05) is 6.07 Å². The van der Waals surface area contributed by atoms with E-state index in [0.717, 1.165) is 28.0 Å². The lowest BCUT2D eigenvalue weighted by atomic mass is 9.67. The van der Waals surface area contributed by atoms with Gasteiger partial charge in [-0.3, -0.25) is 0 Å². The van der Waals surface area contributed by atoms with Crippen molar-refractivity contribution in [3.05, 3.63) is 239 Å². The van der Waals surface area contributed by atoms with Crippen LogP contribution in [-0.4, -0.2) is 0 Å². The van der Waals surface area contributed by atoms with Crippen molar-refractivity contribution < 1.29 is 4.42 Å². The highest BCUT2D eigenvalue weighted by Gasteiger charge is 2.47. The van der Waals surface area contributed by atoms with Crippen molar-refractivity contribution in [3.8, 4) is 33.4 Å². The molecule has 2 aliphatic rings. The van der Waals surface area contributed by atoms with Gasteiger partial charge in [-0.25, -0.2) is 0 Å². The standard InChI is InChI=1S/C58H45NO/c1-5-38(2)45-33-34-51-55(48-23-13-15-25-50(48)58(51,41-18-8-6-9-19-41)42-20-10-7-11-21-42)54(45)39-27-29-43(30-28-39)59(53-26-16-17-40-35-36-60-56(40)53)44-31-32-47-46-22-12-14-24-49(46)57(3,4)52(47)37-44/h5-37H,1-4H3. The number of hydrogen-bond donors (Lipinski definition) is 0. The molecule has 0 saturated heterocycles. The molecule has 9 aromatic rings. The second-order valence-electron chi connectivity index (χ2n) is 16.8. The Labute approximate surface area is 352 Å². The average Bonchev–Trinajstić information content (AvgIpc) is 3.97. The number of para-hydroxylation sites is 1. The minimum Gasteiger partial charge on any atom is -0.462 e. The van der Waals surface area contributed by atoms with Gasteiger partial charge in [-0.2, -0.15) is 0 Å². The molecule has 0 fully saturated rings. The number of rotatable bonds is 7.